The third kappa shape index (κ3) is 18.5. The van der Waals surface area contributed by atoms with Gasteiger partial charge in [0, 0.05) is 12.8 Å². The van der Waals surface area contributed by atoms with Crippen molar-refractivity contribution in [3.63, 3.8) is 0 Å². The Morgan fingerprint density at radius 2 is 1.24 bits per heavy atom. The fourth-order valence-corrected chi connectivity index (χ4v) is 2.04. The van der Waals surface area contributed by atoms with Gasteiger partial charge in [-0.1, -0.05) is 62.5 Å². The number of rotatable bonds is 16. The lowest BCUT2D eigenvalue weighted by atomic mass is 10.3. The van der Waals surface area contributed by atoms with Crippen LogP contribution in [0.2, 0.25) is 0 Å². The van der Waals surface area contributed by atoms with E-state index in [1.807, 2.05) is 0 Å². The van der Waals surface area contributed by atoms with Crippen LogP contribution in [-0.2, 0) is 9.47 Å². The van der Waals surface area contributed by atoms with Crippen molar-refractivity contribution in [2.75, 3.05) is 13.2 Å². The predicted octanol–water partition coefficient (Wildman–Crippen LogP) is 6.25. The van der Waals surface area contributed by atoms with Crippen LogP contribution in [-0.4, -0.2) is 19.5 Å². The minimum Gasteiger partial charge on any atom is -0.352 e. The summed E-state index contributed by atoms with van der Waals surface area (Å²) in [5, 5.41) is 8.74. The van der Waals surface area contributed by atoms with Gasteiger partial charge in [0.1, 0.15) is 0 Å². The summed E-state index contributed by atoms with van der Waals surface area (Å²) in [7, 11) is 0. The molecule has 0 saturated carbocycles. The third-order valence-corrected chi connectivity index (χ3v) is 3.35. The molecule has 0 aliphatic rings. The number of hydrogen-bond acceptors (Lipinski definition) is 3. The summed E-state index contributed by atoms with van der Waals surface area (Å²) in [5.74, 6) is 0. The van der Waals surface area contributed by atoms with Gasteiger partial charge in [-0.15, -0.1) is 0 Å². The molecule has 0 aromatic rings. The maximum atomic E-state index is 8.74. The number of allylic oxidation sites excluding steroid dienone is 6. The van der Waals surface area contributed by atoms with Crippen LogP contribution in [0, 0.1) is 11.3 Å². The van der Waals surface area contributed by atoms with Crippen LogP contribution < -0.4 is 0 Å². The van der Waals surface area contributed by atoms with Gasteiger partial charge in [-0.25, -0.2) is 0 Å². The van der Waals surface area contributed by atoms with Gasteiger partial charge in [-0.3, -0.25) is 0 Å². The van der Waals surface area contributed by atoms with Gasteiger partial charge in [0.2, 0.25) is 0 Å². The lowest BCUT2D eigenvalue weighted by molar-refractivity contribution is -0.143. The maximum Gasteiger partial charge on any atom is 0.158 e. The zero-order chi connectivity index (χ0) is 18.4. The van der Waals surface area contributed by atoms with Gasteiger partial charge in [0.05, 0.1) is 19.3 Å². The highest BCUT2D eigenvalue weighted by Gasteiger charge is 2.08. The highest BCUT2D eigenvalue weighted by molar-refractivity contribution is 4.93. The second kappa shape index (κ2) is 20.4. The average molecular weight is 346 g/mol. The van der Waals surface area contributed by atoms with Gasteiger partial charge in [0.25, 0.3) is 0 Å². The van der Waals surface area contributed by atoms with Crippen LogP contribution in [0.5, 0.6) is 0 Å². The Bertz CT molecular complexity index is 398. The fraction of sp³-hybridized carbons (Fsp3) is 0.591. The molecule has 0 N–H and O–H groups in total. The molecule has 0 bridgehead atoms. The highest BCUT2D eigenvalue weighted by Crippen LogP contribution is 2.06. The summed E-state index contributed by atoms with van der Waals surface area (Å²) in [6.45, 7) is 5.52. The molecule has 3 heteroatoms. The molecule has 0 spiro atoms. The minimum atomic E-state index is -0.276. The summed E-state index contributed by atoms with van der Waals surface area (Å²) in [6.07, 6.45) is 23.9. The maximum absolute atomic E-state index is 8.74. The van der Waals surface area contributed by atoms with E-state index in [-0.39, 0.29) is 6.29 Å². The molecule has 3 nitrogen and oxygen atoms in total. The van der Waals surface area contributed by atoms with Gasteiger partial charge in [-0.2, -0.15) is 5.26 Å². The molecular weight excluding hydrogens is 310 g/mol. The predicted molar refractivity (Wildman–Crippen MR) is 106 cm³/mol. The Hall–Kier alpha value is -1.63. The quantitative estimate of drug-likeness (QED) is 0.188. The third-order valence-electron chi connectivity index (χ3n) is 3.35. The van der Waals surface area contributed by atoms with E-state index < -0.39 is 0 Å². The van der Waals surface area contributed by atoms with E-state index in [9.17, 15) is 0 Å². The van der Waals surface area contributed by atoms with Crippen LogP contribution in [0.15, 0.2) is 48.6 Å². The Morgan fingerprint density at radius 1 is 0.760 bits per heavy atom. The fourth-order valence-electron chi connectivity index (χ4n) is 2.04. The second-order valence-electron chi connectivity index (χ2n) is 5.62. The zero-order valence-corrected chi connectivity index (χ0v) is 16.0. The first-order valence-corrected chi connectivity index (χ1v) is 9.55. The van der Waals surface area contributed by atoms with E-state index in [1.165, 1.54) is 0 Å². The molecule has 0 aliphatic heterocycles. The number of nitriles is 1. The first-order chi connectivity index (χ1) is 12.3. The van der Waals surface area contributed by atoms with Crippen LogP contribution in [0.3, 0.4) is 0 Å². The van der Waals surface area contributed by atoms with E-state index >= 15 is 0 Å². The first-order valence-electron chi connectivity index (χ1n) is 9.55. The lowest BCUT2D eigenvalue weighted by Crippen LogP contribution is -2.18. The van der Waals surface area contributed by atoms with Crippen molar-refractivity contribution in [2.45, 2.75) is 71.5 Å². The smallest absolute Gasteiger partial charge is 0.158 e. The van der Waals surface area contributed by atoms with Crippen LogP contribution in [0.1, 0.15) is 65.2 Å². The van der Waals surface area contributed by atoms with E-state index in [0.29, 0.717) is 26.1 Å². The van der Waals surface area contributed by atoms with Crippen molar-refractivity contribution >= 4 is 0 Å². The van der Waals surface area contributed by atoms with Crippen LogP contribution in [0.25, 0.3) is 0 Å². The summed E-state index contributed by atoms with van der Waals surface area (Å²) >= 11 is 0. The molecule has 0 aromatic heterocycles. The van der Waals surface area contributed by atoms with Crippen molar-refractivity contribution in [2.24, 2.45) is 0 Å². The Kier molecular flexibility index (Phi) is 19.1. The van der Waals surface area contributed by atoms with E-state index in [4.69, 9.17) is 14.7 Å². The second-order valence-corrected chi connectivity index (χ2v) is 5.62. The van der Waals surface area contributed by atoms with Crippen LogP contribution in [0.4, 0.5) is 0 Å². The highest BCUT2D eigenvalue weighted by atomic mass is 16.7. The molecule has 0 aromatic carbocycles. The van der Waals surface area contributed by atoms with E-state index in [0.717, 1.165) is 38.5 Å². The molecule has 140 valence electrons. The SMILES string of the molecule is CCC=CC/C=C/CCOC(CCC#N)OCC/C=C/C/C=C/CC. The molecule has 1 atom stereocenters. The van der Waals surface area contributed by atoms with Gasteiger partial charge in [0.15, 0.2) is 6.29 Å². The summed E-state index contributed by atoms with van der Waals surface area (Å²) < 4.78 is 11.5. The minimum absolute atomic E-state index is 0.276. The summed E-state index contributed by atoms with van der Waals surface area (Å²) in [4.78, 5) is 0. The van der Waals surface area contributed by atoms with E-state index in [2.05, 4.69) is 68.5 Å². The molecular formula is C22H35NO2. The van der Waals surface area contributed by atoms with E-state index in [1.54, 1.807) is 0 Å². The number of nitrogens with zero attached hydrogens (tertiary/aromatic N) is 1. The van der Waals surface area contributed by atoms with Gasteiger partial charge < -0.3 is 9.47 Å². The molecule has 0 aliphatic carbocycles. The average Bonchev–Trinajstić information content (AvgIpc) is 2.63. The monoisotopic (exact) mass is 345 g/mol. The van der Waals surface area contributed by atoms with Crippen molar-refractivity contribution in [1.82, 2.24) is 0 Å². The van der Waals surface area contributed by atoms with Crippen molar-refractivity contribution in [1.29, 1.82) is 5.26 Å². The lowest BCUT2D eigenvalue weighted by Gasteiger charge is -2.16. The standard InChI is InChI=1S/C22H35NO2/c1-3-5-7-9-11-13-15-20-24-22(18-17-19-23)25-21-16-14-12-10-8-6-4-2/h5-8,11-14,22H,3-4,9-10,15-18,20-21H2,1-2H3/b7-5+,8-6?,13-11+,14-12+. The van der Waals surface area contributed by atoms with Crippen molar-refractivity contribution < 1.29 is 9.47 Å². The van der Waals surface area contributed by atoms with Gasteiger partial charge >= 0.3 is 0 Å². The topological polar surface area (TPSA) is 42.2 Å². The van der Waals surface area contributed by atoms with Crippen LogP contribution >= 0.6 is 0 Å². The summed E-state index contributed by atoms with van der Waals surface area (Å²) in [6, 6.07) is 2.16. The van der Waals surface area contributed by atoms with Crippen molar-refractivity contribution in [3.05, 3.63) is 48.6 Å². The zero-order valence-electron chi connectivity index (χ0n) is 16.0. The molecule has 25 heavy (non-hydrogen) atoms. The first kappa shape index (κ1) is 23.4. The number of hydrogen-bond donors (Lipinski definition) is 0. The molecule has 1 unspecified atom stereocenters. The molecule has 0 amide bonds. The normalized spacial score (nSPS) is 13.5. The molecule has 0 saturated heterocycles. The van der Waals surface area contributed by atoms with Gasteiger partial charge in [-0.05, 0) is 38.5 Å². The molecule has 0 radical (unpaired) electrons. The Balaban J connectivity index is 3.86. The molecule has 0 rings (SSSR count). The molecule has 0 heterocycles. The Labute approximate surface area is 154 Å². The van der Waals surface area contributed by atoms with Crippen molar-refractivity contribution in [3.8, 4) is 6.07 Å². The largest absolute Gasteiger partial charge is 0.352 e. The Morgan fingerprint density at radius 3 is 1.68 bits per heavy atom. The molecule has 0 fully saturated rings. The number of ether oxygens (including phenoxy) is 2. The summed E-state index contributed by atoms with van der Waals surface area (Å²) in [5.41, 5.74) is 0.